The SMILES string of the molecule is CC1CN(C(CNC(=O)c2cc(C3CC3)on2)c2c(F)cccc2Cl)CCO1. The number of amides is 1. The van der Waals surface area contributed by atoms with Crippen molar-refractivity contribution in [2.45, 2.75) is 37.8 Å². The molecule has 1 N–H and O–H groups in total. The Hall–Kier alpha value is -1.96. The molecule has 1 aliphatic heterocycles. The first-order chi connectivity index (χ1) is 13.5. The van der Waals surface area contributed by atoms with Crippen molar-refractivity contribution < 1.29 is 18.4 Å². The van der Waals surface area contributed by atoms with E-state index in [4.69, 9.17) is 20.9 Å². The maximum absolute atomic E-state index is 14.6. The van der Waals surface area contributed by atoms with Crippen molar-refractivity contribution in [3.05, 3.63) is 52.1 Å². The van der Waals surface area contributed by atoms with Crippen LogP contribution in [0, 0.1) is 5.82 Å². The zero-order valence-corrected chi connectivity index (χ0v) is 16.4. The van der Waals surface area contributed by atoms with Crippen LogP contribution in [0.3, 0.4) is 0 Å². The molecule has 2 atom stereocenters. The van der Waals surface area contributed by atoms with Crippen molar-refractivity contribution in [3.8, 4) is 0 Å². The highest BCUT2D eigenvalue weighted by atomic mass is 35.5. The third-order valence-corrected chi connectivity index (χ3v) is 5.57. The van der Waals surface area contributed by atoms with Gasteiger partial charge in [-0.25, -0.2) is 4.39 Å². The minimum atomic E-state index is -0.404. The Kier molecular flexibility index (Phi) is 5.66. The molecule has 2 aromatic rings. The fourth-order valence-corrected chi connectivity index (χ4v) is 3.90. The van der Waals surface area contributed by atoms with Crippen LogP contribution in [-0.4, -0.2) is 48.3 Å². The fraction of sp³-hybridized carbons (Fsp3) is 0.500. The quantitative estimate of drug-likeness (QED) is 0.793. The number of carbonyl (C=O) groups excluding carboxylic acids is 1. The van der Waals surface area contributed by atoms with Gasteiger partial charge in [-0.15, -0.1) is 0 Å². The predicted molar refractivity (Wildman–Crippen MR) is 102 cm³/mol. The maximum Gasteiger partial charge on any atom is 0.273 e. The zero-order chi connectivity index (χ0) is 19.7. The Morgan fingerprint density at radius 1 is 1.46 bits per heavy atom. The zero-order valence-electron chi connectivity index (χ0n) is 15.7. The lowest BCUT2D eigenvalue weighted by Crippen LogP contribution is -2.47. The molecule has 1 aromatic heterocycles. The van der Waals surface area contributed by atoms with Crippen LogP contribution in [0.2, 0.25) is 5.02 Å². The standard InChI is InChI=1S/C20H23ClFN3O3/c1-12-11-25(7-8-27-12)17(19-14(21)3-2-4-15(19)22)10-23-20(26)16-9-18(28-24-16)13-5-6-13/h2-4,9,12-13,17H,5-8,10-11H2,1H3,(H,23,26). The van der Waals surface area contributed by atoms with E-state index in [1.807, 2.05) is 6.92 Å². The second-order valence-electron chi connectivity index (χ2n) is 7.43. The van der Waals surface area contributed by atoms with Crippen LogP contribution in [0.15, 0.2) is 28.8 Å². The average Bonchev–Trinajstić information content (AvgIpc) is 3.40. The summed E-state index contributed by atoms with van der Waals surface area (Å²) in [5.41, 5.74) is 0.632. The van der Waals surface area contributed by atoms with E-state index in [9.17, 15) is 9.18 Å². The van der Waals surface area contributed by atoms with E-state index in [2.05, 4.69) is 15.4 Å². The number of benzene rings is 1. The molecule has 0 radical (unpaired) electrons. The molecule has 0 bridgehead atoms. The molecule has 2 aliphatic rings. The summed E-state index contributed by atoms with van der Waals surface area (Å²) in [7, 11) is 0. The summed E-state index contributed by atoms with van der Waals surface area (Å²) < 4.78 is 25.5. The summed E-state index contributed by atoms with van der Waals surface area (Å²) in [6, 6.07) is 5.92. The van der Waals surface area contributed by atoms with E-state index >= 15 is 0 Å². The molecular formula is C20H23ClFN3O3. The van der Waals surface area contributed by atoms with E-state index in [0.717, 1.165) is 18.6 Å². The van der Waals surface area contributed by atoms with Gasteiger partial charge in [0.1, 0.15) is 11.6 Å². The van der Waals surface area contributed by atoms with Gasteiger partial charge < -0.3 is 14.6 Å². The summed E-state index contributed by atoms with van der Waals surface area (Å²) in [6.07, 6.45) is 2.16. The van der Waals surface area contributed by atoms with E-state index in [0.29, 0.717) is 36.2 Å². The van der Waals surface area contributed by atoms with Gasteiger partial charge in [0, 0.05) is 42.2 Å². The van der Waals surface area contributed by atoms with Gasteiger partial charge in [0.2, 0.25) is 0 Å². The Labute approximate surface area is 168 Å². The predicted octanol–water partition coefficient (Wildman–Crippen LogP) is 3.54. The minimum Gasteiger partial charge on any atom is -0.376 e. The van der Waals surface area contributed by atoms with Gasteiger partial charge in [-0.1, -0.05) is 22.8 Å². The number of hydrogen-bond donors (Lipinski definition) is 1. The third kappa shape index (κ3) is 4.21. The summed E-state index contributed by atoms with van der Waals surface area (Å²) in [4.78, 5) is 14.6. The molecule has 4 rings (SSSR count). The van der Waals surface area contributed by atoms with E-state index < -0.39 is 6.04 Å². The van der Waals surface area contributed by atoms with E-state index in [1.54, 1.807) is 18.2 Å². The summed E-state index contributed by atoms with van der Waals surface area (Å²) in [5, 5.41) is 7.08. The van der Waals surface area contributed by atoms with Gasteiger partial charge in [0.15, 0.2) is 5.69 Å². The Balaban J connectivity index is 1.52. The molecule has 150 valence electrons. The van der Waals surface area contributed by atoms with Crippen LogP contribution < -0.4 is 5.32 Å². The highest BCUT2D eigenvalue weighted by molar-refractivity contribution is 6.31. The highest BCUT2D eigenvalue weighted by Crippen LogP contribution is 2.40. The van der Waals surface area contributed by atoms with Crippen molar-refractivity contribution in [1.29, 1.82) is 0 Å². The van der Waals surface area contributed by atoms with Gasteiger partial charge in [-0.3, -0.25) is 9.69 Å². The van der Waals surface area contributed by atoms with Crippen LogP contribution >= 0.6 is 11.6 Å². The van der Waals surface area contributed by atoms with Crippen LogP contribution in [-0.2, 0) is 4.74 Å². The molecule has 1 saturated heterocycles. The average molecular weight is 408 g/mol. The van der Waals surface area contributed by atoms with Crippen molar-refractivity contribution in [3.63, 3.8) is 0 Å². The lowest BCUT2D eigenvalue weighted by Gasteiger charge is -2.38. The second-order valence-corrected chi connectivity index (χ2v) is 7.83. The highest BCUT2D eigenvalue weighted by Gasteiger charge is 2.31. The molecule has 6 nitrogen and oxygen atoms in total. The summed E-state index contributed by atoms with van der Waals surface area (Å²) >= 11 is 6.32. The first-order valence-corrected chi connectivity index (χ1v) is 9.95. The molecule has 2 heterocycles. The van der Waals surface area contributed by atoms with Crippen LogP contribution in [0.1, 0.15) is 53.5 Å². The van der Waals surface area contributed by atoms with Gasteiger partial charge in [0.25, 0.3) is 5.91 Å². The van der Waals surface area contributed by atoms with Gasteiger partial charge in [-0.05, 0) is 31.9 Å². The molecule has 2 fully saturated rings. The van der Waals surface area contributed by atoms with Crippen molar-refractivity contribution in [2.24, 2.45) is 0 Å². The molecule has 8 heteroatoms. The smallest absolute Gasteiger partial charge is 0.273 e. The van der Waals surface area contributed by atoms with Crippen molar-refractivity contribution >= 4 is 17.5 Å². The number of nitrogens with one attached hydrogen (secondary N) is 1. The number of carbonyl (C=O) groups is 1. The first-order valence-electron chi connectivity index (χ1n) is 9.57. The number of aromatic nitrogens is 1. The van der Waals surface area contributed by atoms with Gasteiger partial charge in [0.05, 0.1) is 18.8 Å². The minimum absolute atomic E-state index is 0.0224. The lowest BCUT2D eigenvalue weighted by atomic mass is 10.0. The topological polar surface area (TPSA) is 67.6 Å². The van der Waals surface area contributed by atoms with Crippen molar-refractivity contribution in [2.75, 3.05) is 26.2 Å². The fourth-order valence-electron chi connectivity index (χ4n) is 3.61. The van der Waals surface area contributed by atoms with Gasteiger partial charge >= 0.3 is 0 Å². The number of nitrogens with zero attached hydrogens (tertiary/aromatic N) is 2. The largest absolute Gasteiger partial charge is 0.376 e. The van der Waals surface area contributed by atoms with E-state index in [-0.39, 0.29) is 30.1 Å². The number of morpholine rings is 1. The maximum atomic E-state index is 14.6. The molecule has 2 unspecified atom stereocenters. The molecular weight excluding hydrogens is 385 g/mol. The molecule has 0 spiro atoms. The third-order valence-electron chi connectivity index (χ3n) is 5.24. The lowest BCUT2D eigenvalue weighted by molar-refractivity contribution is -0.0346. The number of ether oxygens (including phenoxy) is 1. The number of rotatable bonds is 6. The van der Waals surface area contributed by atoms with Crippen molar-refractivity contribution in [1.82, 2.24) is 15.4 Å². The van der Waals surface area contributed by atoms with Crippen LogP contribution in [0.25, 0.3) is 0 Å². The monoisotopic (exact) mass is 407 g/mol. The summed E-state index contributed by atoms with van der Waals surface area (Å²) in [5.74, 6) is 0.410. The Bertz CT molecular complexity index is 835. The molecule has 1 aromatic carbocycles. The molecule has 1 aliphatic carbocycles. The number of hydrogen-bond acceptors (Lipinski definition) is 5. The molecule has 1 amide bonds. The normalized spacial score (nSPS) is 21.5. The van der Waals surface area contributed by atoms with Gasteiger partial charge in [-0.2, -0.15) is 0 Å². The molecule has 1 saturated carbocycles. The Morgan fingerprint density at radius 3 is 3.00 bits per heavy atom. The molecule has 28 heavy (non-hydrogen) atoms. The number of halogens is 2. The van der Waals surface area contributed by atoms with Crippen LogP contribution in [0.5, 0.6) is 0 Å². The first kappa shape index (κ1) is 19.4. The van der Waals surface area contributed by atoms with Crippen LogP contribution in [0.4, 0.5) is 4.39 Å². The Morgan fingerprint density at radius 2 is 2.29 bits per heavy atom. The van der Waals surface area contributed by atoms with E-state index in [1.165, 1.54) is 6.07 Å². The second kappa shape index (κ2) is 8.19. The summed E-state index contributed by atoms with van der Waals surface area (Å²) in [6.45, 7) is 3.98.